The summed E-state index contributed by atoms with van der Waals surface area (Å²) >= 11 is 0. The van der Waals surface area contributed by atoms with Crippen LogP contribution in [0.1, 0.15) is 31.2 Å². The molecule has 1 aliphatic heterocycles. The van der Waals surface area contributed by atoms with Gasteiger partial charge in [0.1, 0.15) is 5.82 Å². The van der Waals surface area contributed by atoms with Crippen molar-refractivity contribution >= 4 is 17.0 Å². The molecule has 3 aromatic rings. The zero-order valence-corrected chi connectivity index (χ0v) is 17.3. The van der Waals surface area contributed by atoms with Crippen molar-refractivity contribution in [3.63, 3.8) is 0 Å². The minimum Gasteiger partial charge on any atom is -0.466 e. The summed E-state index contributed by atoms with van der Waals surface area (Å²) in [5.41, 5.74) is 2.84. The molecule has 5 heteroatoms. The third kappa shape index (κ3) is 4.06. The van der Waals surface area contributed by atoms with E-state index < -0.39 is 5.41 Å². The van der Waals surface area contributed by atoms with Crippen molar-refractivity contribution in [3.05, 3.63) is 66.0 Å². The smallest absolute Gasteiger partial charge is 0.313 e. The van der Waals surface area contributed by atoms with Crippen LogP contribution in [0, 0.1) is 5.41 Å². The molecule has 0 N–H and O–H groups in total. The molecule has 152 valence electrons. The monoisotopic (exact) mass is 391 g/mol. The lowest BCUT2D eigenvalue weighted by Gasteiger charge is -2.41. The summed E-state index contributed by atoms with van der Waals surface area (Å²) in [5, 5.41) is 0. The third-order valence-electron chi connectivity index (χ3n) is 5.99. The topological polar surface area (TPSA) is 47.4 Å². The van der Waals surface area contributed by atoms with Crippen LogP contribution in [0.3, 0.4) is 0 Å². The van der Waals surface area contributed by atoms with Gasteiger partial charge in [-0.25, -0.2) is 4.98 Å². The quantitative estimate of drug-likeness (QED) is 0.597. The zero-order valence-electron chi connectivity index (χ0n) is 17.3. The molecule has 4 rings (SSSR count). The highest BCUT2D eigenvalue weighted by atomic mass is 16.5. The molecule has 0 saturated carbocycles. The van der Waals surface area contributed by atoms with Crippen molar-refractivity contribution in [2.75, 3.05) is 19.7 Å². The molecule has 0 spiro atoms. The molecular weight excluding hydrogens is 362 g/mol. The molecule has 1 saturated heterocycles. The second kappa shape index (κ2) is 8.37. The molecule has 5 nitrogen and oxygen atoms in total. The number of aryl methyl sites for hydroxylation is 1. The van der Waals surface area contributed by atoms with Crippen molar-refractivity contribution in [2.24, 2.45) is 12.5 Å². The van der Waals surface area contributed by atoms with Gasteiger partial charge in [-0.15, -0.1) is 0 Å². The summed E-state index contributed by atoms with van der Waals surface area (Å²) in [7, 11) is 2.07. The number of ether oxygens (including phenoxy) is 1. The van der Waals surface area contributed by atoms with Crippen molar-refractivity contribution in [1.82, 2.24) is 14.5 Å². The number of fused-ring (bicyclic) bond motifs is 1. The van der Waals surface area contributed by atoms with Crippen LogP contribution in [0.25, 0.3) is 11.0 Å². The molecule has 0 aliphatic carbocycles. The highest BCUT2D eigenvalue weighted by molar-refractivity contribution is 5.78. The molecule has 0 radical (unpaired) electrons. The van der Waals surface area contributed by atoms with Crippen molar-refractivity contribution in [2.45, 2.75) is 32.7 Å². The van der Waals surface area contributed by atoms with E-state index in [-0.39, 0.29) is 5.97 Å². The Morgan fingerprint density at radius 1 is 1.14 bits per heavy atom. The van der Waals surface area contributed by atoms with Crippen LogP contribution in [-0.2, 0) is 29.5 Å². The number of piperidine rings is 1. The largest absolute Gasteiger partial charge is 0.466 e. The second-order valence-corrected chi connectivity index (χ2v) is 8.05. The van der Waals surface area contributed by atoms with Gasteiger partial charge in [0.25, 0.3) is 0 Å². The van der Waals surface area contributed by atoms with Gasteiger partial charge in [-0.05, 0) is 50.4 Å². The van der Waals surface area contributed by atoms with Crippen molar-refractivity contribution in [3.8, 4) is 0 Å². The number of hydrogen-bond acceptors (Lipinski definition) is 4. The summed E-state index contributed by atoms with van der Waals surface area (Å²) in [6.45, 7) is 4.71. The van der Waals surface area contributed by atoms with Crippen LogP contribution < -0.4 is 0 Å². The van der Waals surface area contributed by atoms with Gasteiger partial charge in [0.15, 0.2) is 0 Å². The van der Waals surface area contributed by atoms with E-state index in [0.717, 1.165) is 42.8 Å². The number of hydrogen-bond donors (Lipinski definition) is 0. The van der Waals surface area contributed by atoms with Crippen LogP contribution in [-0.4, -0.2) is 40.1 Å². The van der Waals surface area contributed by atoms with E-state index in [1.54, 1.807) is 0 Å². The molecule has 0 amide bonds. The highest BCUT2D eigenvalue weighted by Gasteiger charge is 2.43. The Morgan fingerprint density at radius 3 is 2.66 bits per heavy atom. The van der Waals surface area contributed by atoms with Gasteiger partial charge in [-0.2, -0.15) is 0 Å². The Labute approximate surface area is 172 Å². The molecule has 29 heavy (non-hydrogen) atoms. The van der Waals surface area contributed by atoms with Crippen LogP contribution in [0.5, 0.6) is 0 Å². The number of para-hydroxylation sites is 2. The SMILES string of the molecule is CCOC(=O)C1(Cc2ccccc2)CCCN(Cc2nc3ccccc3n2C)C1. The summed E-state index contributed by atoms with van der Waals surface area (Å²) in [4.78, 5) is 20.3. The first kappa shape index (κ1) is 19.6. The van der Waals surface area contributed by atoms with Crippen LogP contribution >= 0.6 is 0 Å². The van der Waals surface area contributed by atoms with Gasteiger partial charge in [-0.1, -0.05) is 42.5 Å². The molecular formula is C24H29N3O2. The van der Waals surface area contributed by atoms with Gasteiger partial charge >= 0.3 is 5.97 Å². The Morgan fingerprint density at radius 2 is 1.90 bits per heavy atom. The minimum absolute atomic E-state index is 0.0708. The molecule has 0 bridgehead atoms. The van der Waals surface area contributed by atoms with Crippen LogP contribution in [0.2, 0.25) is 0 Å². The fraction of sp³-hybridized carbons (Fsp3) is 0.417. The summed E-state index contributed by atoms with van der Waals surface area (Å²) < 4.78 is 7.70. The van der Waals surface area contributed by atoms with Crippen LogP contribution in [0.4, 0.5) is 0 Å². The zero-order chi connectivity index (χ0) is 20.3. The normalized spacial score (nSPS) is 20.1. The van der Waals surface area contributed by atoms with Gasteiger partial charge in [0.2, 0.25) is 0 Å². The van der Waals surface area contributed by atoms with E-state index in [4.69, 9.17) is 9.72 Å². The lowest BCUT2D eigenvalue weighted by molar-refractivity contribution is -0.159. The number of likely N-dealkylation sites (tertiary alicyclic amines) is 1. The molecule has 2 heterocycles. The van der Waals surface area contributed by atoms with Gasteiger partial charge in [0.05, 0.1) is 29.6 Å². The molecule has 1 atom stereocenters. The molecule has 1 aliphatic rings. The van der Waals surface area contributed by atoms with Crippen molar-refractivity contribution in [1.29, 1.82) is 0 Å². The van der Waals surface area contributed by atoms with Gasteiger partial charge in [-0.3, -0.25) is 9.69 Å². The first-order valence-corrected chi connectivity index (χ1v) is 10.5. The van der Waals surface area contributed by atoms with Crippen molar-refractivity contribution < 1.29 is 9.53 Å². The Bertz CT molecular complexity index is 982. The predicted octanol–water partition coefficient (Wildman–Crippen LogP) is 3.96. The first-order chi connectivity index (χ1) is 14.1. The first-order valence-electron chi connectivity index (χ1n) is 10.5. The van der Waals surface area contributed by atoms with E-state index >= 15 is 0 Å². The third-order valence-corrected chi connectivity index (χ3v) is 5.99. The van der Waals surface area contributed by atoms with E-state index in [1.165, 1.54) is 5.56 Å². The Hall–Kier alpha value is -2.66. The average Bonchev–Trinajstić information content (AvgIpc) is 3.05. The maximum Gasteiger partial charge on any atom is 0.313 e. The molecule has 1 unspecified atom stereocenters. The maximum absolute atomic E-state index is 13.1. The average molecular weight is 392 g/mol. The number of benzene rings is 2. The van der Waals surface area contributed by atoms with E-state index in [0.29, 0.717) is 19.6 Å². The van der Waals surface area contributed by atoms with E-state index in [2.05, 4.69) is 34.7 Å². The molecule has 2 aromatic carbocycles. The lowest BCUT2D eigenvalue weighted by atomic mass is 9.75. The lowest BCUT2D eigenvalue weighted by Crippen LogP contribution is -2.49. The van der Waals surface area contributed by atoms with Gasteiger partial charge in [0, 0.05) is 13.6 Å². The number of imidazole rings is 1. The van der Waals surface area contributed by atoms with Crippen LogP contribution in [0.15, 0.2) is 54.6 Å². The minimum atomic E-state index is -0.500. The number of esters is 1. The summed E-state index contributed by atoms with van der Waals surface area (Å²) in [5.74, 6) is 0.962. The maximum atomic E-state index is 13.1. The Kier molecular flexibility index (Phi) is 5.67. The highest BCUT2D eigenvalue weighted by Crippen LogP contribution is 2.36. The second-order valence-electron chi connectivity index (χ2n) is 8.05. The number of rotatable bonds is 6. The number of carbonyl (C=O) groups excluding carboxylic acids is 1. The summed E-state index contributed by atoms with van der Waals surface area (Å²) in [6.07, 6.45) is 2.56. The van der Waals surface area contributed by atoms with Gasteiger partial charge < -0.3 is 9.30 Å². The molecule has 1 fully saturated rings. The number of carbonyl (C=O) groups is 1. The Balaban J connectivity index is 1.58. The fourth-order valence-electron chi connectivity index (χ4n) is 4.55. The molecule has 1 aromatic heterocycles. The van der Waals surface area contributed by atoms with E-state index in [1.807, 2.05) is 43.3 Å². The number of aromatic nitrogens is 2. The predicted molar refractivity (Wildman–Crippen MR) is 114 cm³/mol. The summed E-state index contributed by atoms with van der Waals surface area (Å²) in [6, 6.07) is 18.5. The fourth-order valence-corrected chi connectivity index (χ4v) is 4.55. The standard InChI is InChI=1S/C24H29N3O2/c1-3-29-23(28)24(16-19-10-5-4-6-11-19)14-9-15-27(18-24)17-22-25-20-12-7-8-13-21(20)26(22)2/h4-8,10-13H,3,9,14-18H2,1-2H3. The number of nitrogens with zero attached hydrogens (tertiary/aromatic N) is 3. The van der Waals surface area contributed by atoms with E-state index in [9.17, 15) is 4.79 Å².